The van der Waals surface area contributed by atoms with Gasteiger partial charge in [-0.05, 0) is 0 Å². The van der Waals surface area contributed by atoms with Crippen LogP contribution in [-0.4, -0.2) is 19.9 Å². The Morgan fingerprint density at radius 3 is 2.68 bits per heavy atom. The third-order valence-corrected chi connectivity index (χ3v) is 5.96. The molecule has 0 aliphatic carbocycles. The number of para-hydroxylation sites is 1. The normalized spacial score (nSPS) is 11.3. The molecule has 0 amide bonds. The van der Waals surface area contributed by atoms with Crippen molar-refractivity contribution in [2.24, 2.45) is 0 Å². The van der Waals surface area contributed by atoms with Crippen molar-refractivity contribution in [3.05, 3.63) is 77.4 Å². The minimum atomic E-state index is 0.200. The van der Waals surface area contributed by atoms with E-state index >= 15 is 0 Å². The van der Waals surface area contributed by atoms with Crippen molar-refractivity contribution in [3.63, 3.8) is 0 Å². The first-order valence-corrected chi connectivity index (χ1v) is 9.36. The van der Waals surface area contributed by atoms with E-state index < -0.39 is 0 Å². The van der Waals surface area contributed by atoms with E-state index in [0.717, 1.165) is 21.4 Å². The molecule has 0 aliphatic heterocycles. The number of benzene rings is 2. The van der Waals surface area contributed by atoms with E-state index in [2.05, 4.69) is 33.6 Å². The SMILES string of the molecule is N#CSC(=C[Se]c1ccccc1)c1cnc2ccccc2c1. The van der Waals surface area contributed by atoms with Gasteiger partial charge in [0.1, 0.15) is 0 Å². The molecule has 106 valence electrons. The second-order valence-electron chi connectivity index (χ2n) is 4.52. The second kappa shape index (κ2) is 7.28. The number of aromatic nitrogens is 1. The minimum absolute atomic E-state index is 0.200. The number of thiocyanates is 1. The van der Waals surface area contributed by atoms with Gasteiger partial charge in [0.05, 0.1) is 0 Å². The standard InChI is InChI=1S/C18H12N2SSe/c19-13-21-18(12-22-16-7-2-1-3-8-16)15-10-14-6-4-5-9-17(14)20-11-15/h1-12H. The zero-order valence-electron chi connectivity index (χ0n) is 11.6. The van der Waals surface area contributed by atoms with Crippen LogP contribution in [-0.2, 0) is 0 Å². The molecule has 0 spiro atoms. The maximum atomic E-state index is 9.07. The van der Waals surface area contributed by atoms with Crippen LogP contribution in [0.25, 0.3) is 15.8 Å². The summed E-state index contributed by atoms with van der Waals surface area (Å²) >= 11 is 1.40. The Labute approximate surface area is 140 Å². The van der Waals surface area contributed by atoms with E-state index in [-0.39, 0.29) is 15.0 Å². The molecule has 3 rings (SSSR count). The molecule has 0 N–H and O–H groups in total. The van der Waals surface area contributed by atoms with Crippen molar-refractivity contribution < 1.29 is 0 Å². The van der Waals surface area contributed by atoms with Crippen molar-refractivity contribution >= 4 is 47.0 Å². The Bertz CT molecular complexity index is 854. The number of hydrogen-bond acceptors (Lipinski definition) is 3. The first-order chi connectivity index (χ1) is 10.9. The van der Waals surface area contributed by atoms with Crippen LogP contribution in [0.15, 0.2) is 71.8 Å². The zero-order valence-corrected chi connectivity index (χ0v) is 14.2. The molecule has 22 heavy (non-hydrogen) atoms. The molecular formula is C18H12N2SSe. The second-order valence-corrected chi connectivity index (χ2v) is 7.33. The van der Waals surface area contributed by atoms with E-state index in [9.17, 15) is 0 Å². The van der Waals surface area contributed by atoms with Crippen molar-refractivity contribution in [1.82, 2.24) is 4.98 Å². The summed E-state index contributed by atoms with van der Waals surface area (Å²) in [6.07, 6.45) is 1.85. The topological polar surface area (TPSA) is 36.7 Å². The van der Waals surface area contributed by atoms with Gasteiger partial charge in [-0.2, -0.15) is 0 Å². The van der Waals surface area contributed by atoms with Crippen LogP contribution in [0.2, 0.25) is 0 Å². The van der Waals surface area contributed by atoms with Crippen LogP contribution >= 0.6 is 11.8 Å². The Morgan fingerprint density at radius 2 is 1.86 bits per heavy atom. The Balaban J connectivity index is 1.93. The predicted octanol–water partition coefficient (Wildman–Crippen LogP) is 3.78. The zero-order chi connectivity index (χ0) is 15.2. The molecule has 0 radical (unpaired) electrons. The molecule has 0 bridgehead atoms. The van der Waals surface area contributed by atoms with Gasteiger partial charge in [-0.25, -0.2) is 0 Å². The van der Waals surface area contributed by atoms with Gasteiger partial charge in [-0.3, -0.25) is 0 Å². The van der Waals surface area contributed by atoms with Crippen LogP contribution in [0.5, 0.6) is 0 Å². The first kappa shape index (κ1) is 14.9. The summed E-state index contributed by atoms with van der Waals surface area (Å²) in [7, 11) is 0. The molecule has 0 aliphatic rings. The maximum absolute atomic E-state index is 9.07. The van der Waals surface area contributed by atoms with E-state index in [1.54, 1.807) is 0 Å². The summed E-state index contributed by atoms with van der Waals surface area (Å²) < 4.78 is 1.29. The Hall–Kier alpha value is -2.05. The van der Waals surface area contributed by atoms with Crippen LogP contribution in [0.1, 0.15) is 5.56 Å². The summed E-state index contributed by atoms with van der Waals surface area (Å²) in [6, 6.07) is 20.4. The molecule has 0 atom stereocenters. The summed E-state index contributed by atoms with van der Waals surface area (Å²) in [5.41, 5.74) is 1.98. The summed E-state index contributed by atoms with van der Waals surface area (Å²) in [5, 5.41) is 12.3. The van der Waals surface area contributed by atoms with Gasteiger partial charge in [0.15, 0.2) is 0 Å². The molecule has 0 fully saturated rings. The van der Waals surface area contributed by atoms with Crippen molar-refractivity contribution in [2.75, 3.05) is 0 Å². The summed E-state index contributed by atoms with van der Waals surface area (Å²) in [4.78, 5) is 7.61. The van der Waals surface area contributed by atoms with Gasteiger partial charge in [0.25, 0.3) is 0 Å². The molecule has 2 nitrogen and oxygen atoms in total. The predicted molar refractivity (Wildman–Crippen MR) is 94.8 cm³/mol. The molecule has 4 heteroatoms. The third kappa shape index (κ3) is 3.58. The number of nitrogens with zero attached hydrogens (tertiary/aromatic N) is 2. The fourth-order valence-electron chi connectivity index (χ4n) is 2.03. The van der Waals surface area contributed by atoms with Gasteiger partial charge < -0.3 is 0 Å². The molecule has 1 aromatic heterocycles. The van der Waals surface area contributed by atoms with Crippen molar-refractivity contribution in [2.45, 2.75) is 0 Å². The van der Waals surface area contributed by atoms with Gasteiger partial charge >= 0.3 is 140 Å². The number of rotatable bonds is 4. The van der Waals surface area contributed by atoms with Crippen LogP contribution in [0.3, 0.4) is 0 Å². The molecule has 0 unspecified atom stereocenters. The number of fused-ring (bicyclic) bond motifs is 1. The van der Waals surface area contributed by atoms with E-state index in [0.29, 0.717) is 0 Å². The van der Waals surface area contributed by atoms with E-state index in [4.69, 9.17) is 5.26 Å². The van der Waals surface area contributed by atoms with Crippen molar-refractivity contribution in [1.29, 1.82) is 5.26 Å². The van der Waals surface area contributed by atoms with Gasteiger partial charge in [0, 0.05) is 0 Å². The molecule has 3 aromatic rings. The van der Waals surface area contributed by atoms with Crippen molar-refractivity contribution in [3.8, 4) is 5.40 Å². The average Bonchev–Trinajstić information content (AvgIpc) is 2.59. The quantitative estimate of drug-likeness (QED) is 0.520. The Morgan fingerprint density at radius 1 is 1.09 bits per heavy atom. The van der Waals surface area contributed by atoms with E-state index in [1.807, 2.05) is 48.7 Å². The van der Waals surface area contributed by atoms with Crippen LogP contribution < -0.4 is 4.46 Å². The summed E-state index contributed by atoms with van der Waals surface area (Å²) in [5.74, 6) is 0. The van der Waals surface area contributed by atoms with Crippen LogP contribution in [0, 0.1) is 10.7 Å². The van der Waals surface area contributed by atoms with Gasteiger partial charge in [-0.1, -0.05) is 0 Å². The van der Waals surface area contributed by atoms with E-state index in [1.165, 1.54) is 16.2 Å². The number of pyridine rings is 1. The number of hydrogen-bond donors (Lipinski definition) is 0. The molecule has 1 heterocycles. The third-order valence-electron chi connectivity index (χ3n) is 3.08. The Kier molecular flexibility index (Phi) is 4.92. The first-order valence-electron chi connectivity index (χ1n) is 6.70. The molecular weight excluding hydrogens is 355 g/mol. The monoisotopic (exact) mass is 368 g/mol. The molecule has 0 saturated carbocycles. The summed E-state index contributed by atoms with van der Waals surface area (Å²) in [6.45, 7) is 0. The van der Waals surface area contributed by atoms with Gasteiger partial charge in [-0.15, -0.1) is 0 Å². The fraction of sp³-hybridized carbons (Fsp3) is 0. The fourth-order valence-corrected chi connectivity index (χ4v) is 4.41. The van der Waals surface area contributed by atoms with Crippen LogP contribution in [0.4, 0.5) is 0 Å². The number of thioether (sulfide) groups is 1. The number of nitriles is 1. The van der Waals surface area contributed by atoms with Gasteiger partial charge in [0.2, 0.25) is 0 Å². The molecule has 0 saturated heterocycles. The average molecular weight is 367 g/mol. The molecule has 2 aromatic carbocycles.